The molecule has 0 aromatic heterocycles. The minimum atomic E-state index is -0.273. The summed E-state index contributed by atoms with van der Waals surface area (Å²) in [7, 11) is 1.57. The molecule has 27 heavy (non-hydrogen) atoms. The second-order valence-corrected chi connectivity index (χ2v) is 6.36. The Morgan fingerprint density at radius 3 is 2.48 bits per heavy atom. The highest BCUT2D eigenvalue weighted by atomic mass is 35.5. The van der Waals surface area contributed by atoms with Gasteiger partial charge in [0.1, 0.15) is 6.61 Å². The van der Waals surface area contributed by atoms with Gasteiger partial charge in [-0.15, -0.1) is 0 Å². The standard InChI is InChI=1S/C19H20Cl2N2O4/c1-26-11-12-27-18-15(21)3-2-4-16(18)23-17(24)9-10-22-19(25)13-5-7-14(20)8-6-13/h2-8H,9-12H2,1H3,(H,22,25)(H,23,24). The number of hydrogen-bond acceptors (Lipinski definition) is 4. The topological polar surface area (TPSA) is 76.7 Å². The molecule has 2 aromatic rings. The average Bonchev–Trinajstić information content (AvgIpc) is 2.64. The van der Waals surface area contributed by atoms with Gasteiger partial charge < -0.3 is 20.1 Å². The molecule has 0 saturated heterocycles. The molecule has 0 radical (unpaired) electrons. The number of methoxy groups -OCH3 is 1. The first-order valence-electron chi connectivity index (χ1n) is 8.25. The fourth-order valence-corrected chi connectivity index (χ4v) is 2.54. The van der Waals surface area contributed by atoms with E-state index in [-0.39, 0.29) is 24.8 Å². The predicted octanol–water partition coefficient (Wildman–Crippen LogP) is 3.78. The van der Waals surface area contributed by atoms with Gasteiger partial charge in [0.05, 0.1) is 17.3 Å². The van der Waals surface area contributed by atoms with E-state index in [0.717, 1.165) is 0 Å². The van der Waals surface area contributed by atoms with Crippen LogP contribution < -0.4 is 15.4 Å². The van der Waals surface area contributed by atoms with E-state index in [1.807, 2.05) is 0 Å². The Morgan fingerprint density at radius 2 is 1.78 bits per heavy atom. The highest BCUT2D eigenvalue weighted by Crippen LogP contribution is 2.32. The Balaban J connectivity index is 1.86. The fraction of sp³-hybridized carbons (Fsp3) is 0.263. The molecule has 0 unspecified atom stereocenters. The van der Waals surface area contributed by atoms with Crippen LogP contribution in [-0.4, -0.2) is 38.7 Å². The number of halogens is 2. The van der Waals surface area contributed by atoms with Crippen LogP contribution in [0.25, 0.3) is 0 Å². The van der Waals surface area contributed by atoms with Crippen molar-refractivity contribution in [3.8, 4) is 5.75 Å². The first-order chi connectivity index (χ1) is 13.0. The number of para-hydroxylation sites is 1. The normalized spacial score (nSPS) is 10.3. The molecule has 0 saturated carbocycles. The first-order valence-corrected chi connectivity index (χ1v) is 9.00. The zero-order chi connectivity index (χ0) is 19.6. The van der Waals surface area contributed by atoms with Gasteiger partial charge >= 0.3 is 0 Å². The van der Waals surface area contributed by atoms with Crippen LogP contribution in [0.2, 0.25) is 10.0 Å². The van der Waals surface area contributed by atoms with Crippen LogP contribution in [0.3, 0.4) is 0 Å². The number of anilines is 1. The second kappa shape index (κ2) is 10.8. The van der Waals surface area contributed by atoms with Crippen molar-refractivity contribution >= 4 is 40.7 Å². The van der Waals surface area contributed by atoms with Crippen molar-refractivity contribution in [2.45, 2.75) is 6.42 Å². The van der Waals surface area contributed by atoms with Crippen LogP contribution in [0.5, 0.6) is 5.75 Å². The number of carbonyl (C=O) groups is 2. The van der Waals surface area contributed by atoms with Gasteiger partial charge in [0.15, 0.2) is 5.75 Å². The van der Waals surface area contributed by atoms with Gasteiger partial charge in [0.2, 0.25) is 5.91 Å². The first kappa shape index (κ1) is 21.0. The molecular weight excluding hydrogens is 391 g/mol. The van der Waals surface area contributed by atoms with Crippen molar-refractivity contribution in [3.05, 3.63) is 58.1 Å². The van der Waals surface area contributed by atoms with Gasteiger partial charge in [0.25, 0.3) is 5.91 Å². The summed E-state index contributed by atoms with van der Waals surface area (Å²) in [6.45, 7) is 0.892. The van der Waals surface area contributed by atoms with E-state index in [2.05, 4.69) is 10.6 Å². The van der Waals surface area contributed by atoms with Gasteiger partial charge in [-0.05, 0) is 36.4 Å². The molecule has 0 aliphatic rings. The number of carbonyl (C=O) groups excluding carboxylic acids is 2. The molecule has 0 bridgehead atoms. The Morgan fingerprint density at radius 1 is 1.04 bits per heavy atom. The van der Waals surface area contributed by atoms with Gasteiger partial charge in [-0.2, -0.15) is 0 Å². The van der Waals surface area contributed by atoms with Crippen LogP contribution in [0.15, 0.2) is 42.5 Å². The molecular formula is C19H20Cl2N2O4. The Hall–Kier alpha value is -2.28. The number of benzene rings is 2. The maximum atomic E-state index is 12.2. The maximum Gasteiger partial charge on any atom is 0.251 e. The molecule has 2 aromatic carbocycles. The summed E-state index contributed by atoms with van der Waals surface area (Å²) in [5.74, 6) is -0.161. The molecule has 8 heteroatoms. The molecule has 0 aliphatic heterocycles. The second-order valence-electron chi connectivity index (χ2n) is 5.52. The molecule has 0 fully saturated rings. The van der Waals surface area contributed by atoms with Crippen molar-refractivity contribution in [3.63, 3.8) is 0 Å². The van der Waals surface area contributed by atoms with E-state index < -0.39 is 0 Å². The summed E-state index contributed by atoms with van der Waals surface area (Å²) in [5.41, 5.74) is 0.941. The quantitative estimate of drug-likeness (QED) is 0.616. The summed E-state index contributed by atoms with van der Waals surface area (Å²) in [4.78, 5) is 24.2. The van der Waals surface area contributed by atoms with Crippen molar-refractivity contribution in [2.24, 2.45) is 0 Å². The van der Waals surface area contributed by atoms with E-state index >= 15 is 0 Å². The lowest BCUT2D eigenvalue weighted by atomic mass is 10.2. The smallest absolute Gasteiger partial charge is 0.251 e. The van der Waals surface area contributed by atoms with E-state index in [9.17, 15) is 9.59 Å². The fourth-order valence-electron chi connectivity index (χ4n) is 2.19. The SMILES string of the molecule is COCCOc1c(Cl)cccc1NC(=O)CCNC(=O)c1ccc(Cl)cc1. The Kier molecular flexibility index (Phi) is 8.39. The van der Waals surface area contributed by atoms with Crippen LogP contribution in [-0.2, 0) is 9.53 Å². The lowest BCUT2D eigenvalue weighted by Gasteiger charge is -2.14. The van der Waals surface area contributed by atoms with Crippen molar-refractivity contribution in [2.75, 3.05) is 32.2 Å². The monoisotopic (exact) mass is 410 g/mol. The summed E-state index contributed by atoms with van der Waals surface area (Å²) >= 11 is 11.9. The van der Waals surface area contributed by atoms with Gasteiger partial charge in [-0.3, -0.25) is 9.59 Å². The molecule has 0 aliphatic carbocycles. The zero-order valence-electron chi connectivity index (χ0n) is 14.8. The largest absolute Gasteiger partial charge is 0.487 e. The highest BCUT2D eigenvalue weighted by molar-refractivity contribution is 6.32. The summed E-state index contributed by atoms with van der Waals surface area (Å²) < 4.78 is 10.5. The van der Waals surface area contributed by atoms with Crippen molar-refractivity contribution in [1.29, 1.82) is 0 Å². The van der Waals surface area contributed by atoms with Gasteiger partial charge in [-0.1, -0.05) is 29.3 Å². The molecule has 0 spiro atoms. The lowest BCUT2D eigenvalue weighted by molar-refractivity contribution is -0.116. The summed E-state index contributed by atoms with van der Waals surface area (Å²) in [6.07, 6.45) is 0.101. The van der Waals surface area contributed by atoms with E-state index in [1.165, 1.54) is 0 Å². The Labute approximate surface area is 167 Å². The molecule has 2 N–H and O–H groups in total. The third kappa shape index (κ3) is 6.75. The van der Waals surface area contributed by atoms with E-state index in [4.69, 9.17) is 32.7 Å². The minimum absolute atomic E-state index is 0.101. The number of hydrogen-bond donors (Lipinski definition) is 2. The zero-order valence-corrected chi connectivity index (χ0v) is 16.3. The van der Waals surface area contributed by atoms with Crippen molar-refractivity contribution < 1.29 is 19.1 Å². The maximum absolute atomic E-state index is 12.2. The molecule has 0 heterocycles. The molecule has 2 amide bonds. The summed E-state index contributed by atoms with van der Waals surface area (Å²) in [6, 6.07) is 11.6. The number of rotatable bonds is 9. The van der Waals surface area contributed by atoms with Crippen LogP contribution in [0.4, 0.5) is 5.69 Å². The molecule has 144 valence electrons. The number of nitrogens with one attached hydrogen (secondary N) is 2. The number of amides is 2. The average molecular weight is 411 g/mol. The molecule has 0 atom stereocenters. The summed E-state index contributed by atoms with van der Waals surface area (Å²) in [5, 5.41) is 6.37. The third-order valence-electron chi connectivity index (χ3n) is 3.52. The van der Waals surface area contributed by atoms with E-state index in [1.54, 1.807) is 49.6 Å². The predicted molar refractivity (Wildman–Crippen MR) is 106 cm³/mol. The third-order valence-corrected chi connectivity index (χ3v) is 4.07. The van der Waals surface area contributed by atoms with Crippen LogP contribution in [0, 0.1) is 0 Å². The van der Waals surface area contributed by atoms with Gasteiger partial charge in [-0.25, -0.2) is 0 Å². The molecule has 6 nitrogen and oxygen atoms in total. The highest BCUT2D eigenvalue weighted by Gasteiger charge is 2.12. The molecule has 2 rings (SSSR count). The Bertz CT molecular complexity index is 782. The van der Waals surface area contributed by atoms with Crippen LogP contribution >= 0.6 is 23.2 Å². The lowest BCUT2D eigenvalue weighted by Crippen LogP contribution is -2.27. The van der Waals surface area contributed by atoms with Gasteiger partial charge in [0, 0.05) is 30.7 Å². The van der Waals surface area contributed by atoms with E-state index in [0.29, 0.717) is 40.3 Å². The van der Waals surface area contributed by atoms with Crippen molar-refractivity contribution in [1.82, 2.24) is 5.32 Å². The minimum Gasteiger partial charge on any atom is -0.487 e. The number of ether oxygens (including phenoxy) is 2. The van der Waals surface area contributed by atoms with Crippen LogP contribution in [0.1, 0.15) is 16.8 Å².